The third kappa shape index (κ3) is 2.94. The lowest BCUT2D eigenvalue weighted by molar-refractivity contribution is 0.594. The van der Waals surface area contributed by atoms with E-state index in [-0.39, 0.29) is 11.9 Å². The van der Waals surface area contributed by atoms with E-state index in [1.165, 1.54) is 17.4 Å². The second kappa shape index (κ2) is 5.70. The predicted octanol–water partition coefficient (Wildman–Crippen LogP) is 4.85. The molecule has 0 saturated heterocycles. The molecule has 0 spiro atoms. The lowest BCUT2D eigenvalue weighted by atomic mass is 10.0. The number of nitrogens with two attached hydrogens (primary N) is 1. The molecule has 1 heterocycles. The normalized spacial score (nSPS) is 12.7. The average Bonchev–Trinajstić information content (AvgIpc) is 2.64. The Morgan fingerprint density at radius 1 is 1.50 bits per heavy atom. The van der Waals surface area contributed by atoms with Crippen LogP contribution in [0.15, 0.2) is 28.1 Å². The van der Waals surface area contributed by atoms with Crippen molar-refractivity contribution in [2.24, 2.45) is 5.73 Å². The maximum atomic E-state index is 13.7. The molecule has 2 rings (SSSR count). The van der Waals surface area contributed by atoms with Gasteiger partial charge in [-0.05, 0) is 42.0 Å². The third-order valence-electron chi connectivity index (χ3n) is 2.72. The van der Waals surface area contributed by atoms with E-state index in [4.69, 9.17) is 17.3 Å². The molecule has 0 fully saturated rings. The van der Waals surface area contributed by atoms with Gasteiger partial charge in [0.15, 0.2) is 0 Å². The SMILES string of the molecule is Cc1csc(C(N)Cc2ccc(Br)cc2F)c1Cl. The fourth-order valence-electron chi connectivity index (χ4n) is 1.72. The van der Waals surface area contributed by atoms with Crippen molar-refractivity contribution in [3.63, 3.8) is 0 Å². The Balaban J connectivity index is 2.21. The highest BCUT2D eigenvalue weighted by atomic mass is 79.9. The summed E-state index contributed by atoms with van der Waals surface area (Å²) in [5.41, 5.74) is 7.72. The Morgan fingerprint density at radius 2 is 2.22 bits per heavy atom. The van der Waals surface area contributed by atoms with E-state index in [2.05, 4.69) is 15.9 Å². The van der Waals surface area contributed by atoms with Gasteiger partial charge in [-0.25, -0.2) is 4.39 Å². The first kappa shape index (κ1) is 14.0. The van der Waals surface area contributed by atoms with Gasteiger partial charge in [-0.15, -0.1) is 11.3 Å². The Bertz CT molecular complexity index is 570. The summed E-state index contributed by atoms with van der Waals surface area (Å²) in [4.78, 5) is 0.913. The number of thiophene rings is 1. The molecule has 2 aromatic rings. The Morgan fingerprint density at radius 3 is 2.78 bits per heavy atom. The van der Waals surface area contributed by atoms with Gasteiger partial charge in [-0.3, -0.25) is 0 Å². The highest BCUT2D eigenvalue weighted by molar-refractivity contribution is 9.10. The molecule has 0 aliphatic carbocycles. The smallest absolute Gasteiger partial charge is 0.127 e. The van der Waals surface area contributed by atoms with E-state index in [0.29, 0.717) is 17.0 Å². The van der Waals surface area contributed by atoms with Crippen molar-refractivity contribution >= 4 is 38.9 Å². The van der Waals surface area contributed by atoms with Crippen LogP contribution >= 0.6 is 38.9 Å². The van der Waals surface area contributed by atoms with Crippen LogP contribution in [0.4, 0.5) is 4.39 Å². The van der Waals surface area contributed by atoms with Gasteiger partial charge >= 0.3 is 0 Å². The van der Waals surface area contributed by atoms with Crippen LogP contribution in [-0.2, 0) is 6.42 Å². The molecule has 5 heteroatoms. The van der Waals surface area contributed by atoms with Crippen molar-refractivity contribution in [1.29, 1.82) is 0 Å². The van der Waals surface area contributed by atoms with Gasteiger partial charge in [-0.1, -0.05) is 33.6 Å². The van der Waals surface area contributed by atoms with E-state index >= 15 is 0 Å². The summed E-state index contributed by atoms with van der Waals surface area (Å²) in [7, 11) is 0. The van der Waals surface area contributed by atoms with E-state index < -0.39 is 0 Å². The second-order valence-corrected chi connectivity index (χ2v) is 6.35. The van der Waals surface area contributed by atoms with Crippen molar-refractivity contribution in [1.82, 2.24) is 0 Å². The van der Waals surface area contributed by atoms with Crippen molar-refractivity contribution in [3.8, 4) is 0 Å². The van der Waals surface area contributed by atoms with Crippen LogP contribution < -0.4 is 5.73 Å². The first-order valence-corrected chi connectivity index (χ1v) is 7.47. The maximum absolute atomic E-state index is 13.7. The molecule has 1 aromatic carbocycles. The first-order chi connectivity index (χ1) is 8.49. The minimum atomic E-state index is -0.271. The first-order valence-electron chi connectivity index (χ1n) is 5.42. The van der Waals surface area contributed by atoms with Crippen molar-refractivity contribution in [2.75, 3.05) is 0 Å². The lowest BCUT2D eigenvalue weighted by Gasteiger charge is -2.11. The summed E-state index contributed by atoms with van der Waals surface area (Å²) in [6.45, 7) is 1.94. The molecular weight excluding hydrogens is 337 g/mol. The topological polar surface area (TPSA) is 26.0 Å². The van der Waals surface area contributed by atoms with Gasteiger partial charge in [0.05, 0.1) is 5.02 Å². The minimum Gasteiger partial charge on any atom is -0.323 e. The Kier molecular flexibility index (Phi) is 4.43. The number of hydrogen-bond acceptors (Lipinski definition) is 2. The zero-order chi connectivity index (χ0) is 13.3. The van der Waals surface area contributed by atoms with Gasteiger partial charge in [0.25, 0.3) is 0 Å². The molecule has 96 valence electrons. The number of hydrogen-bond donors (Lipinski definition) is 1. The molecule has 18 heavy (non-hydrogen) atoms. The summed E-state index contributed by atoms with van der Waals surface area (Å²) in [5.74, 6) is -0.246. The van der Waals surface area contributed by atoms with Gasteiger partial charge in [0.1, 0.15) is 5.82 Å². The van der Waals surface area contributed by atoms with Crippen LogP contribution in [0.5, 0.6) is 0 Å². The molecule has 1 aromatic heterocycles. The molecule has 1 unspecified atom stereocenters. The fourth-order valence-corrected chi connectivity index (χ4v) is 3.39. The van der Waals surface area contributed by atoms with Crippen LogP contribution in [0.2, 0.25) is 5.02 Å². The van der Waals surface area contributed by atoms with Gasteiger partial charge in [0.2, 0.25) is 0 Å². The lowest BCUT2D eigenvalue weighted by Crippen LogP contribution is -2.13. The molecule has 2 N–H and O–H groups in total. The molecule has 0 amide bonds. The van der Waals surface area contributed by atoms with E-state index in [0.717, 1.165) is 14.9 Å². The Hall–Kier alpha value is -0.420. The highest BCUT2D eigenvalue weighted by Gasteiger charge is 2.16. The largest absolute Gasteiger partial charge is 0.323 e. The molecule has 0 aliphatic heterocycles. The van der Waals surface area contributed by atoms with Crippen molar-refractivity contribution in [3.05, 3.63) is 54.9 Å². The fraction of sp³-hybridized carbons (Fsp3) is 0.231. The molecule has 1 atom stereocenters. The third-order valence-corrected chi connectivity index (χ3v) is 5.06. The van der Waals surface area contributed by atoms with Crippen molar-refractivity contribution in [2.45, 2.75) is 19.4 Å². The van der Waals surface area contributed by atoms with Crippen LogP contribution in [-0.4, -0.2) is 0 Å². The van der Waals surface area contributed by atoms with E-state index in [9.17, 15) is 4.39 Å². The summed E-state index contributed by atoms with van der Waals surface area (Å²) in [6, 6.07) is 4.73. The molecule has 1 nitrogen and oxygen atoms in total. The Labute approximate surface area is 123 Å². The summed E-state index contributed by atoms with van der Waals surface area (Å²) >= 11 is 10.9. The summed E-state index contributed by atoms with van der Waals surface area (Å²) in [6.07, 6.45) is 0.443. The predicted molar refractivity (Wildman–Crippen MR) is 78.8 cm³/mol. The zero-order valence-electron chi connectivity index (χ0n) is 9.71. The van der Waals surface area contributed by atoms with Gasteiger partial charge < -0.3 is 5.73 Å². The average molecular weight is 349 g/mol. The van der Waals surface area contributed by atoms with Crippen LogP contribution in [0.1, 0.15) is 22.0 Å². The quantitative estimate of drug-likeness (QED) is 0.842. The van der Waals surface area contributed by atoms with Gasteiger partial charge in [0, 0.05) is 15.4 Å². The monoisotopic (exact) mass is 347 g/mol. The summed E-state index contributed by atoms with van der Waals surface area (Å²) < 4.78 is 14.4. The molecule has 0 radical (unpaired) electrons. The second-order valence-electron chi connectivity index (χ2n) is 4.14. The molecular formula is C13H12BrClFNS. The zero-order valence-corrected chi connectivity index (χ0v) is 12.9. The molecule has 0 aliphatic rings. The van der Waals surface area contributed by atoms with E-state index in [1.807, 2.05) is 18.4 Å². The van der Waals surface area contributed by atoms with Crippen LogP contribution in [0.25, 0.3) is 0 Å². The van der Waals surface area contributed by atoms with Crippen molar-refractivity contribution < 1.29 is 4.39 Å². The standard InChI is InChI=1S/C13H12BrClFNS/c1-7-6-18-13(12(7)15)11(17)4-8-2-3-9(14)5-10(8)16/h2-3,5-6,11H,4,17H2,1H3. The van der Waals surface area contributed by atoms with Crippen LogP contribution in [0.3, 0.4) is 0 Å². The number of benzene rings is 1. The van der Waals surface area contributed by atoms with E-state index in [1.54, 1.807) is 6.07 Å². The minimum absolute atomic E-state index is 0.246. The highest BCUT2D eigenvalue weighted by Crippen LogP contribution is 2.33. The van der Waals surface area contributed by atoms with Crippen LogP contribution in [0, 0.1) is 12.7 Å². The van der Waals surface area contributed by atoms with Gasteiger partial charge in [-0.2, -0.15) is 0 Å². The molecule has 0 bridgehead atoms. The number of aryl methyl sites for hydroxylation is 1. The number of rotatable bonds is 3. The maximum Gasteiger partial charge on any atom is 0.127 e. The summed E-state index contributed by atoms with van der Waals surface area (Å²) in [5, 5.41) is 2.67. The molecule has 0 saturated carbocycles. The number of halogens is 3.